The van der Waals surface area contributed by atoms with E-state index in [0.717, 1.165) is 0 Å². The normalized spacial score (nSPS) is 27.6. The fourth-order valence-electron chi connectivity index (χ4n) is 2.85. The summed E-state index contributed by atoms with van der Waals surface area (Å²) in [4.78, 5) is 12.9. The van der Waals surface area contributed by atoms with Gasteiger partial charge in [0.05, 0.1) is 6.61 Å². The maximum Gasteiger partial charge on any atom is 0.337 e. The van der Waals surface area contributed by atoms with E-state index < -0.39 is 51.6 Å². The average molecular weight is 467 g/mol. The van der Waals surface area contributed by atoms with Crippen LogP contribution in [0.1, 0.15) is 0 Å². The Morgan fingerprint density at radius 1 is 0.679 bits per heavy atom. The Bertz CT molecular complexity index is 530. The van der Waals surface area contributed by atoms with E-state index in [1.54, 1.807) is 0 Å². The molecule has 1 saturated heterocycles. The minimum atomic E-state index is -2.00. The third kappa shape index (κ3) is 9.79. The van der Waals surface area contributed by atoms with Crippen LogP contribution >= 0.6 is 0 Å². The molecule has 0 aromatic carbocycles. The van der Waals surface area contributed by atoms with E-state index in [1.807, 2.05) is 0 Å². The first-order chi connectivity index (χ1) is 12.3. The minimum absolute atomic E-state index is 0.335. The molecule has 1 rings (SSSR count). The molecular weight excluding hydrogens is 425 g/mol. The second-order valence-electron chi connectivity index (χ2n) is 11.4. The molecule has 0 amide bonds. The zero-order valence-corrected chi connectivity index (χ0v) is 24.0. The van der Waals surface area contributed by atoms with Crippen LogP contribution in [0.4, 0.5) is 0 Å². The number of cyclic esters (lactones) is 1. The summed E-state index contributed by atoms with van der Waals surface area (Å²) in [5.41, 5.74) is 0. The molecule has 4 atom stereocenters. The van der Waals surface area contributed by atoms with Crippen LogP contribution in [0.15, 0.2) is 0 Å². The Labute approximate surface area is 176 Å². The molecule has 0 unspecified atom stereocenters. The van der Waals surface area contributed by atoms with Gasteiger partial charge in [-0.05, 0) is 78.6 Å². The quantitative estimate of drug-likeness (QED) is 0.370. The van der Waals surface area contributed by atoms with E-state index in [1.165, 1.54) is 0 Å². The Kier molecular flexibility index (Phi) is 8.54. The number of carbonyl (C=O) groups is 1. The van der Waals surface area contributed by atoms with E-state index in [0.29, 0.717) is 6.61 Å². The van der Waals surface area contributed by atoms with Gasteiger partial charge in [-0.3, -0.25) is 0 Å². The molecule has 166 valence electrons. The van der Waals surface area contributed by atoms with Crippen molar-refractivity contribution in [3.63, 3.8) is 0 Å². The van der Waals surface area contributed by atoms with Gasteiger partial charge in [-0.1, -0.05) is 0 Å². The number of ether oxygens (including phenoxy) is 1. The highest BCUT2D eigenvalue weighted by Gasteiger charge is 2.52. The topological polar surface area (TPSA) is 63.2 Å². The molecule has 28 heavy (non-hydrogen) atoms. The summed E-state index contributed by atoms with van der Waals surface area (Å²) in [7, 11) is -7.66. The lowest BCUT2D eigenvalue weighted by molar-refractivity contribution is -0.198. The monoisotopic (exact) mass is 466 g/mol. The lowest BCUT2D eigenvalue weighted by Crippen LogP contribution is -2.64. The molecule has 1 fully saturated rings. The van der Waals surface area contributed by atoms with Crippen LogP contribution in [0.25, 0.3) is 0 Å². The van der Waals surface area contributed by atoms with Gasteiger partial charge in [0.15, 0.2) is 45.5 Å². The Balaban J connectivity index is 3.28. The maximum atomic E-state index is 12.9. The summed E-state index contributed by atoms with van der Waals surface area (Å²) in [6.07, 6.45) is -2.08. The molecule has 1 aliphatic rings. The second kappa shape index (κ2) is 9.12. The predicted octanol–water partition coefficient (Wildman–Crippen LogP) is 4.42. The van der Waals surface area contributed by atoms with E-state index in [9.17, 15) is 4.79 Å². The summed E-state index contributed by atoms with van der Waals surface area (Å²) < 4.78 is 31.2. The molecule has 1 aliphatic heterocycles. The van der Waals surface area contributed by atoms with Crippen molar-refractivity contribution >= 4 is 39.2 Å². The summed E-state index contributed by atoms with van der Waals surface area (Å²) in [6, 6.07) is 0. The first-order valence-electron chi connectivity index (χ1n) is 10.2. The van der Waals surface area contributed by atoms with Crippen molar-refractivity contribution in [2.45, 2.75) is 103 Å². The molecule has 0 bridgehead atoms. The number of hydrogen-bond donors (Lipinski definition) is 0. The average Bonchev–Trinajstić information content (AvgIpc) is 2.39. The molecule has 0 N–H and O–H groups in total. The van der Waals surface area contributed by atoms with Crippen molar-refractivity contribution in [1.82, 2.24) is 0 Å². The van der Waals surface area contributed by atoms with Gasteiger partial charge in [-0.25, -0.2) is 4.79 Å². The van der Waals surface area contributed by atoms with E-state index in [-0.39, 0.29) is 12.1 Å². The standard InChI is InChI=1S/C18H42O6Si4/c1-25(2,3)20-13-14-15(22-26(4,5)6)16(23-27(7,8)9)17(18(19)21-14)24-28(10,11)12/h14-17H,13H2,1-12H3/t14-,15-,16-,17+/m0/s1. The van der Waals surface area contributed by atoms with E-state index in [2.05, 4.69) is 78.6 Å². The highest BCUT2D eigenvalue weighted by Crippen LogP contribution is 2.31. The largest absolute Gasteiger partial charge is 0.455 e. The van der Waals surface area contributed by atoms with Gasteiger partial charge in [0, 0.05) is 0 Å². The predicted molar refractivity (Wildman–Crippen MR) is 124 cm³/mol. The van der Waals surface area contributed by atoms with Crippen LogP contribution in [-0.2, 0) is 27.2 Å². The first-order valence-corrected chi connectivity index (χ1v) is 23.8. The number of esters is 1. The molecular formula is C18H42O6Si4. The lowest BCUT2D eigenvalue weighted by atomic mass is 10.0. The van der Waals surface area contributed by atoms with Gasteiger partial charge in [-0.2, -0.15) is 0 Å². The molecule has 0 aromatic heterocycles. The van der Waals surface area contributed by atoms with Crippen LogP contribution in [0.5, 0.6) is 0 Å². The van der Waals surface area contributed by atoms with Crippen molar-refractivity contribution in [2.75, 3.05) is 6.61 Å². The van der Waals surface area contributed by atoms with Crippen molar-refractivity contribution in [1.29, 1.82) is 0 Å². The summed E-state index contributed by atoms with van der Waals surface area (Å²) in [5, 5.41) is 0. The number of carbonyl (C=O) groups excluding carboxylic acids is 1. The fraction of sp³-hybridized carbons (Fsp3) is 0.944. The van der Waals surface area contributed by atoms with Crippen molar-refractivity contribution < 1.29 is 27.2 Å². The third-order valence-corrected chi connectivity index (χ3v) is 7.58. The molecule has 0 saturated carbocycles. The molecule has 6 nitrogen and oxygen atoms in total. The summed E-state index contributed by atoms with van der Waals surface area (Å²) in [5.74, 6) is -0.356. The molecule has 1 heterocycles. The van der Waals surface area contributed by atoms with Crippen molar-refractivity contribution in [3.8, 4) is 0 Å². The molecule has 0 aliphatic carbocycles. The number of hydrogen-bond acceptors (Lipinski definition) is 6. The SMILES string of the molecule is C[Si](C)(C)OC[C@@H]1OC(=O)[C@H](O[Si](C)(C)C)[C@@H](O[Si](C)(C)C)[C@H]1O[Si](C)(C)C. The fourth-order valence-corrected chi connectivity index (χ4v) is 6.68. The molecule has 0 radical (unpaired) electrons. The van der Waals surface area contributed by atoms with Crippen LogP contribution in [0.2, 0.25) is 78.6 Å². The Morgan fingerprint density at radius 2 is 1.11 bits per heavy atom. The van der Waals surface area contributed by atoms with Gasteiger partial charge in [0.2, 0.25) is 0 Å². The molecule has 0 spiro atoms. The van der Waals surface area contributed by atoms with Gasteiger partial charge < -0.3 is 22.4 Å². The van der Waals surface area contributed by atoms with Crippen molar-refractivity contribution in [2.24, 2.45) is 0 Å². The lowest BCUT2D eigenvalue weighted by Gasteiger charge is -2.47. The first kappa shape index (κ1) is 26.2. The van der Waals surface area contributed by atoms with Gasteiger partial charge in [0.1, 0.15) is 12.2 Å². The third-order valence-electron chi connectivity index (χ3n) is 3.63. The number of rotatable bonds is 9. The Hall–Kier alpha value is 0.178. The summed E-state index contributed by atoms with van der Waals surface area (Å²) >= 11 is 0. The highest BCUT2D eigenvalue weighted by atomic mass is 28.4. The van der Waals surface area contributed by atoms with Crippen LogP contribution in [0.3, 0.4) is 0 Å². The van der Waals surface area contributed by atoms with E-state index in [4.69, 9.17) is 22.4 Å². The summed E-state index contributed by atoms with van der Waals surface area (Å²) in [6.45, 7) is 25.7. The highest BCUT2D eigenvalue weighted by molar-refractivity contribution is 6.71. The zero-order chi connectivity index (χ0) is 22.1. The molecule has 0 aromatic rings. The van der Waals surface area contributed by atoms with Crippen molar-refractivity contribution in [3.05, 3.63) is 0 Å². The second-order valence-corrected chi connectivity index (χ2v) is 29.3. The van der Waals surface area contributed by atoms with Crippen LogP contribution < -0.4 is 0 Å². The van der Waals surface area contributed by atoms with Crippen LogP contribution in [-0.4, -0.2) is 70.3 Å². The van der Waals surface area contributed by atoms with Gasteiger partial charge in [0.25, 0.3) is 0 Å². The minimum Gasteiger partial charge on any atom is -0.455 e. The molecule has 10 heteroatoms. The smallest absolute Gasteiger partial charge is 0.337 e. The van der Waals surface area contributed by atoms with Gasteiger partial charge >= 0.3 is 5.97 Å². The Morgan fingerprint density at radius 3 is 1.50 bits per heavy atom. The maximum absolute atomic E-state index is 12.9. The van der Waals surface area contributed by atoms with Gasteiger partial charge in [-0.15, -0.1) is 0 Å². The van der Waals surface area contributed by atoms with E-state index >= 15 is 0 Å². The zero-order valence-electron chi connectivity index (χ0n) is 20.0. The van der Waals surface area contributed by atoms with Crippen LogP contribution in [0, 0.1) is 0 Å².